The average molecular weight is 288 g/mol. The van der Waals surface area contributed by atoms with E-state index in [2.05, 4.69) is 0 Å². The largest absolute Gasteiger partial charge is 0.339 e. The van der Waals surface area contributed by atoms with E-state index in [0.717, 1.165) is 19.3 Å². The van der Waals surface area contributed by atoms with E-state index in [0.29, 0.717) is 31.8 Å². The van der Waals surface area contributed by atoms with E-state index in [4.69, 9.17) is 5.73 Å². The summed E-state index contributed by atoms with van der Waals surface area (Å²) >= 11 is 0. The molecule has 0 aromatic heterocycles. The zero-order valence-electron chi connectivity index (χ0n) is 11.5. The highest BCUT2D eigenvalue weighted by Gasteiger charge is 2.40. The van der Waals surface area contributed by atoms with Gasteiger partial charge >= 0.3 is 0 Å². The highest BCUT2D eigenvalue weighted by atomic mass is 32.2. The second-order valence-electron chi connectivity index (χ2n) is 5.87. The van der Waals surface area contributed by atoms with Gasteiger partial charge in [-0.15, -0.1) is 0 Å². The maximum absolute atomic E-state index is 12.5. The van der Waals surface area contributed by atoms with E-state index in [1.807, 2.05) is 6.92 Å². The molecule has 0 aromatic carbocycles. The van der Waals surface area contributed by atoms with Crippen molar-refractivity contribution in [1.82, 2.24) is 4.90 Å². The third kappa shape index (κ3) is 3.11. The van der Waals surface area contributed by atoms with Crippen LogP contribution in [0.15, 0.2) is 0 Å². The molecular weight excluding hydrogens is 264 g/mol. The van der Waals surface area contributed by atoms with E-state index >= 15 is 0 Å². The lowest BCUT2D eigenvalue weighted by molar-refractivity contribution is -0.135. The van der Waals surface area contributed by atoms with Gasteiger partial charge in [0.15, 0.2) is 9.84 Å². The van der Waals surface area contributed by atoms with E-state index in [-0.39, 0.29) is 17.7 Å². The third-order valence-corrected chi connectivity index (χ3v) is 6.61. The summed E-state index contributed by atoms with van der Waals surface area (Å²) in [6, 6.07) is 0.132. The van der Waals surface area contributed by atoms with Gasteiger partial charge < -0.3 is 10.6 Å². The molecular formula is C13H24N2O3S. The molecule has 6 heteroatoms. The molecule has 0 aliphatic carbocycles. The Bertz CT molecular complexity index is 435. The minimum Gasteiger partial charge on any atom is -0.339 e. The van der Waals surface area contributed by atoms with Gasteiger partial charge in [0.05, 0.1) is 5.75 Å². The molecule has 0 spiro atoms. The van der Waals surface area contributed by atoms with Crippen molar-refractivity contribution in [3.8, 4) is 0 Å². The molecule has 0 saturated carbocycles. The Kier molecular flexibility index (Phi) is 4.50. The van der Waals surface area contributed by atoms with Crippen LogP contribution in [0.4, 0.5) is 0 Å². The minimum atomic E-state index is -3.24. The SMILES string of the molecule is CC1CCC(CN)CN1C(=O)C1CCCCS1(=O)=O. The summed E-state index contributed by atoms with van der Waals surface area (Å²) in [7, 11) is -3.24. The summed E-state index contributed by atoms with van der Waals surface area (Å²) in [5.74, 6) is 0.281. The Hall–Kier alpha value is -0.620. The van der Waals surface area contributed by atoms with Crippen LogP contribution in [-0.2, 0) is 14.6 Å². The molecule has 2 saturated heterocycles. The van der Waals surface area contributed by atoms with E-state index in [9.17, 15) is 13.2 Å². The number of sulfone groups is 1. The van der Waals surface area contributed by atoms with Crippen molar-refractivity contribution in [2.24, 2.45) is 11.7 Å². The number of nitrogens with zero attached hydrogens (tertiary/aromatic N) is 1. The molecule has 1 amide bonds. The summed E-state index contributed by atoms with van der Waals surface area (Å²) in [6.07, 6.45) is 3.95. The highest BCUT2D eigenvalue weighted by molar-refractivity contribution is 7.92. The Morgan fingerprint density at radius 3 is 2.63 bits per heavy atom. The van der Waals surface area contributed by atoms with Crippen LogP contribution in [0.1, 0.15) is 39.0 Å². The highest BCUT2D eigenvalue weighted by Crippen LogP contribution is 2.27. The lowest BCUT2D eigenvalue weighted by Crippen LogP contribution is -2.53. The van der Waals surface area contributed by atoms with Gasteiger partial charge in [0.25, 0.3) is 0 Å². The summed E-state index contributed by atoms with van der Waals surface area (Å²) in [4.78, 5) is 14.3. The Morgan fingerprint density at radius 1 is 1.26 bits per heavy atom. The molecule has 2 aliphatic rings. The number of rotatable bonds is 2. The molecule has 110 valence electrons. The number of carbonyl (C=O) groups excluding carboxylic acids is 1. The van der Waals surface area contributed by atoms with Crippen molar-refractivity contribution in [3.05, 3.63) is 0 Å². The van der Waals surface area contributed by atoms with Gasteiger partial charge in [-0.3, -0.25) is 4.79 Å². The zero-order chi connectivity index (χ0) is 14.0. The molecule has 3 unspecified atom stereocenters. The second kappa shape index (κ2) is 5.79. The summed E-state index contributed by atoms with van der Waals surface area (Å²) in [5.41, 5.74) is 5.69. The van der Waals surface area contributed by atoms with Crippen LogP contribution in [0.3, 0.4) is 0 Å². The lowest BCUT2D eigenvalue weighted by atomic mass is 9.93. The van der Waals surface area contributed by atoms with Crippen LogP contribution in [-0.4, -0.2) is 49.4 Å². The van der Waals surface area contributed by atoms with Gasteiger partial charge in [-0.2, -0.15) is 0 Å². The van der Waals surface area contributed by atoms with Crippen LogP contribution < -0.4 is 5.73 Å². The topological polar surface area (TPSA) is 80.5 Å². The quantitative estimate of drug-likeness (QED) is 0.804. The standard InChI is InChI=1S/C13H24N2O3S/c1-10-5-6-11(8-14)9-15(10)13(16)12-4-2-3-7-19(12,17)18/h10-12H,2-9,14H2,1H3. The molecule has 3 atom stereocenters. The molecule has 2 aliphatic heterocycles. The van der Waals surface area contributed by atoms with E-state index in [1.54, 1.807) is 4.90 Å². The summed E-state index contributed by atoms with van der Waals surface area (Å²) in [6.45, 7) is 3.18. The van der Waals surface area contributed by atoms with Crippen LogP contribution >= 0.6 is 0 Å². The maximum atomic E-state index is 12.5. The monoisotopic (exact) mass is 288 g/mol. The maximum Gasteiger partial charge on any atom is 0.241 e. The fourth-order valence-corrected chi connectivity index (χ4v) is 4.96. The van der Waals surface area contributed by atoms with Crippen molar-refractivity contribution in [3.63, 3.8) is 0 Å². The van der Waals surface area contributed by atoms with Crippen molar-refractivity contribution in [1.29, 1.82) is 0 Å². The zero-order valence-corrected chi connectivity index (χ0v) is 12.4. The predicted octanol–water partition coefficient (Wildman–Crippen LogP) is 0.540. The number of nitrogens with two attached hydrogens (primary N) is 1. The van der Waals surface area contributed by atoms with E-state index < -0.39 is 15.1 Å². The van der Waals surface area contributed by atoms with Gasteiger partial charge in [0.1, 0.15) is 5.25 Å². The minimum absolute atomic E-state index is 0.132. The molecule has 2 heterocycles. The second-order valence-corrected chi connectivity index (χ2v) is 8.17. The molecule has 0 aromatic rings. The first-order chi connectivity index (χ1) is 8.95. The summed E-state index contributed by atoms with van der Waals surface area (Å²) < 4.78 is 24.1. The van der Waals surface area contributed by atoms with Crippen molar-refractivity contribution >= 4 is 15.7 Å². The molecule has 2 fully saturated rings. The Morgan fingerprint density at radius 2 is 2.00 bits per heavy atom. The van der Waals surface area contributed by atoms with Crippen LogP contribution in [0.25, 0.3) is 0 Å². The number of amides is 1. The number of hydrogen-bond donors (Lipinski definition) is 1. The number of carbonyl (C=O) groups is 1. The molecule has 2 rings (SSSR count). The molecule has 0 radical (unpaired) electrons. The number of piperidine rings is 1. The fourth-order valence-electron chi connectivity index (χ4n) is 3.10. The van der Waals surface area contributed by atoms with Gasteiger partial charge in [-0.25, -0.2) is 8.42 Å². The smallest absolute Gasteiger partial charge is 0.241 e. The first-order valence-electron chi connectivity index (χ1n) is 7.18. The molecule has 5 nitrogen and oxygen atoms in total. The van der Waals surface area contributed by atoms with Gasteiger partial charge in [0, 0.05) is 12.6 Å². The van der Waals surface area contributed by atoms with Crippen molar-refractivity contribution in [2.75, 3.05) is 18.8 Å². The lowest BCUT2D eigenvalue weighted by Gasteiger charge is -2.39. The average Bonchev–Trinajstić information content (AvgIpc) is 2.38. The fraction of sp³-hybridized carbons (Fsp3) is 0.923. The number of hydrogen-bond acceptors (Lipinski definition) is 4. The van der Waals surface area contributed by atoms with Crippen molar-refractivity contribution < 1.29 is 13.2 Å². The van der Waals surface area contributed by atoms with Crippen molar-refractivity contribution in [2.45, 2.75) is 50.3 Å². The van der Waals surface area contributed by atoms with Crippen LogP contribution in [0.5, 0.6) is 0 Å². The number of likely N-dealkylation sites (tertiary alicyclic amines) is 1. The molecule has 19 heavy (non-hydrogen) atoms. The molecule has 2 N–H and O–H groups in total. The van der Waals surface area contributed by atoms with Gasteiger partial charge in [-0.05, 0) is 45.1 Å². The predicted molar refractivity (Wildman–Crippen MR) is 74.4 cm³/mol. The first-order valence-corrected chi connectivity index (χ1v) is 8.89. The van der Waals surface area contributed by atoms with Crippen LogP contribution in [0, 0.1) is 5.92 Å². The Labute approximate surface area is 115 Å². The van der Waals surface area contributed by atoms with Crippen LogP contribution in [0.2, 0.25) is 0 Å². The summed E-state index contributed by atoms with van der Waals surface area (Å²) in [5, 5.41) is -0.805. The normalized spacial score (nSPS) is 35.1. The van der Waals surface area contributed by atoms with E-state index in [1.165, 1.54) is 0 Å². The van der Waals surface area contributed by atoms with Gasteiger partial charge in [-0.1, -0.05) is 6.42 Å². The first kappa shape index (κ1) is 14.8. The third-order valence-electron chi connectivity index (χ3n) is 4.45. The molecule has 0 bridgehead atoms. The van der Waals surface area contributed by atoms with Gasteiger partial charge in [0.2, 0.25) is 5.91 Å². The Balaban J connectivity index is 2.13.